The zero-order valence-electron chi connectivity index (χ0n) is 17.6. The Morgan fingerprint density at radius 2 is 1.81 bits per heavy atom. The number of rotatable bonds is 4. The van der Waals surface area contributed by atoms with Crippen LogP contribution < -0.4 is 5.32 Å². The minimum atomic E-state index is -4.76. The van der Waals surface area contributed by atoms with Gasteiger partial charge in [-0.1, -0.05) is 0 Å². The number of carbonyl (C=O) groups excluding carboxylic acids is 1. The molecule has 0 unspecified atom stereocenters. The molecular formula is C19H23F4N5O3S. The van der Waals surface area contributed by atoms with Gasteiger partial charge in [0.25, 0.3) is 0 Å². The molecule has 1 saturated heterocycles. The number of piperidine rings is 1. The molecular weight excluding hydrogens is 454 g/mol. The van der Waals surface area contributed by atoms with Crippen LogP contribution in [0.4, 0.5) is 28.0 Å². The summed E-state index contributed by atoms with van der Waals surface area (Å²) in [6, 6.07) is 2.60. The van der Waals surface area contributed by atoms with Gasteiger partial charge in [-0.2, -0.15) is 22.7 Å². The van der Waals surface area contributed by atoms with Crippen LogP contribution >= 0.6 is 0 Å². The second-order valence-electron chi connectivity index (χ2n) is 8.15. The topological polar surface area (TPSA) is 97.2 Å². The van der Waals surface area contributed by atoms with Crippen molar-refractivity contribution < 1.29 is 30.8 Å². The quantitative estimate of drug-likeness (QED) is 0.537. The maximum Gasteiger partial charge on any atom is 0.435 e. The molecule has 1 aliphatic heterocycles. The third-order valence-corrected chi connectivity index (χ3v) is 8.49. The lowest BCUT2D eigenvalue weighted by Gasteiger charge is -2.40. The maximum atomic E-state index is 13.2. The Hall–Kier alpha value is -2.70. The molecule has 0 radical (unpaired) electrons. The van der Waals surface area contributed by atoms with Gasteiger partial charge in [0, 0.05) is 44.2 Å². The Labute approximate surface area is 182 Å². The number of aromatic nitrogens is 3. The fraction of sp³-hybridized carbons (Fsp3) is 0.526. The SMILES string of the molecule is Cn1nc(C(F)(F)F)cc1S(=O)(=O)C(C)(C)C1CCN(C(=O)Nc2ccnc(F)c2)CC1. The number of alkyl halides is 3. The number of hydrogen-bond donors (Lipinski definition) is 1. The van der Waals surface area contributed by atoms with Gasteiger partial charge in [0.2, 0.25) is 15.8 Å². The number of carbonyl (C=O) groups is 1. The fourth-order valence-electron chi connectivity index (χ4n) is 3.79. The number of amides is 2. The standard InChI is InChI=1S/C19H23F4N5O3S/c1-18(2,32(30,31)16-11-14(19(21,22)23)26-27(16)3)12-5-8-28(9-6-12)17(29)25-13-4-7-24-15(20)10-13/h4,7,10-12H,5-6,8-9H2,1-3H3,(H,24,25,29). The van der Waals surface area contributed by atoms with Crippen molar-refractivity contribution >= 4 is 21.6 Å². The van der Waals surface area contributed by atoms with E-state index in [1.165, 1.54) is 31.0 Å². The Balaban J connectivity index is 1.71. The van der Waals surface area contributed by atoms with Crippen LogP contribution in [-0.2, 0) is 23.1 Å². The van der Waals surface area contributed by atoms with E-state index in [9.17, 15) is 30.8 Å². The Kier molecular flexibility index (Phi) is 6.24. The number of aryl methyl sites for hydroxylation is 1. The lowest BCUT2D eigenvalue weighted by atomic mass is 9.86. The summed E-state index contributed by atoms with van der Waals surface area (Å²) in [6.45, 7) is 3.43. The van der Waals surface area contributed by atoms with Crippen LogP contribution in [0.3, 0.4) is 0 Å². The fourth-order valence-corrected chi connectivity index (χ4v) is 5.66. The number of urea groups is 1. The molecule has 2 amide bonds. The van der Waals surface area contributed by atoms with Crippen molar-refractivity contribution in [1.29, 1.82) is 0 Å². The van der Waals surface area contributed by atoms with Crippen molar-refractivity contribution in [3.05, 3.63) is 36.0 Å². The third-order valence-electron chi connectivity index (χ3n) is 5.84. The smallest absolute Gasteiger partial charge is 0.325 e. The first kappa shape index (κ1) is 24.0. The Morgan fingerprint density at radius 3 is 2.34 bits per heavy atom. The summed E-state index contributed by atoms with van der Waals surface area (Å²) in [5.41, 5.74) is -1.03. The van der Waals surface area contributed by atoms with Crippen LogP contribution in [0.15, 0.2) is 29.4 Å². The average molecular weight is 477 g/mol. The number of anilines is 1. The molecule has 0 spiro atoms. The molecule has 8 nitrogen and oxygen atoms in total. The van der Waals surface area contributed by atoms with Crippen LogP contribution in [0.25, 0.3) is 0 Å². The number of nitrogens with zero attached hydrogens (tertiary/aromatic N) is 4. The molecule has 1 N–H and O–H groups in total. The van der Waals surface area contributed by atoms with Gasteiger partial charge in [0.15, 0.2) is 10.7 Å². The van der Waals surface area contributed by atoms with E-state index in [1.807, 2.05) is 0 Å². The summed E-state index contributed by atoms with van der Waals surface area (Å²) < 4.78 is 78.0. The van der Waals surface area contributed by atoms with Gasteiger partial charge in [-0.25, -0.2) is 18.2 Å². The summed E-state index contributed by atoms with van der Waals surface area (Å²) in [7, 11) is -3.01. The van der Waals surface area contributed by atoms with Gasteiger partial charge in [-0.05, 0) is 38.7 Å². The molecule has 2 aromatic rings. The molecule has 13 heteroatoms. The van der Waals surface area contributed by atoms with Crippen molar-refractivity contribution in [1.82, 2.24) is 19.7 Å². The summed E-state index contributed by atoms with van der Waals surface area (Å²) >= 11 is 0. The van der Waals surface area contributed by atoms with Crippen LogP contribution in [0.1, 0.15) is 32.4 Å². The van der Waals surface area contributed by atoms with E-state index in [-0.39, 0.29) is 18.8 Å². The van der Waals surface area contributed by atoms with E-state index in [0.29, 0.717) is 18.9 Å². The predicted octanol–water partition coefficient (Wildman–Crippen LogP) is 3.47. The van der Waals surface area contributed by atoms with Crippen molar-refractivity contribution in [2.45, 2.75) is 42.6 Å². The van der Waals surface area contributed by atoms with Crippen molar-refractivity contribution in [2.75, 3.05) is 18.4 Å². The van der Waals surface area contributed by atoms with Gasteiger partial charge in [-0.3, -0.25) is 4.68 Å². The number of sulfone groups is 1. The number of pyridine rings is 1. The molecule has 176 valence electrons. The van der Waals surface area contributed by atoms with Crippen molar-refractivity contribution in [3.8, 4) is 0 Å². The zero-order chi connectivity index (χ0) is 23.9. The Morgan fingerprint density at radius 1 is 1.19 bits per heavy atom. The molecule has 0 aliphatic carbocycles. The van der Waals surface area contributed by atoms with Gasteiger partial charge >= 0.3 is 12.2 Å². The monoisotopic (exact) mass is 477 g/mol. The first-order chi connectivity index (χ1) is 14.7. The minimum Gasteiger partial charge on any atom is -0.325 e. The predicted molar refractivity (Wildman–Crippen MR) is 107 cm³/mol. The van der Waals surface area contributed by atoms with Crippen LogP contribution in [0, 0.1) is 11.9 Å². The summed E-state index contributed by atoms with van der Waals surface area (Å²) in [4.78, 5) is 17.3. The van der Waals surface area contributed by atoms with E-state index in [0.717, 1.165) is 17.8 Å². The highest BCUT2D eigenvalue weighted by Crippen LogP contribution is 2.39. The highest BCUT2D eigenvalue weighted by atomic mass is 32.2. The van der Waals surface area contributed by atoms with Gasteiger partial charge in [0.05, 0.1) is 4.75 Å². The van der Waals surface area contributed by atoms with Gasteiger partial charge in [0.1, 0.15) is 0 Å². The summed E-state index contributed by atoms with van der Waals surface area (Å²) in [5, 5.41) is 5.36. The third kappa shape index (κ3) is 4.57. The Bertz CT molecular complexity index is 1110. The average Bonchev–Trinajstić information content (AvgIpc) is 3.11. The lowest BCUT2D eigenvalue weighted by molar-refractivity contribution is -0.141. The van der Waals surface area contributed by atoms with Crippen LogP contribution in [0.2, 0.25) is 0 Å². The number of likely N-dealkylation sites (tertiary alicyclic amines) is 1. The molecule has 3 rings (SSSR count). The highest BCUT2D eigenvalue weighted by molar-refractivity contribution is 7.92. The summed E-state index contributed by atoms with van der Waals surface area (Å²) in [5.74, 6) is -1.14. The van der Waals surface area contributed by atoms with Crippen molar-refractivity contribution in [3.63, 3.8) is 0 Å². The molecule has 0 bridgehead atoms. The minimum absolute atomic E-state index is 0.238. The largest absolute Gasteiger partial charge is 0.435 e. The number of halogens is 4. The summed E-state index contributed by atoms with van der Waals surface area (Å²) in [6.07, 6.45) is -2.89. The molecule has 0 aromatic carbocycles. The molecule has 32 heavy (non-hydrogen) atoms. The highest BCUT2D eigenvalue weighted by Gasteiger charge is 2.47. The number of nitrogens with one attached hydrogen (secondary N) is 1. The molecule has 0 atom stereocenters. The second-order valence-corrected chi connectivity index (χ2v) is 10.6. The van der Waals surface area contributed by atoms with E-state index in [4.69, 9.17) is 0 Å². The van der Waals surface area contributed by atoms with E-state index >= 15 is 0 Å². The molecule has 3 heterocycles. The van der Waals surface area contributed by atoms with E-state index in [2.05, 4.69) is 15.4 Å². The van der Waals surface area contributed by atoms with Gasteiger partial charge < -0.3 is 10.2 Å². The molecule has 1 fully saturated rings. The van der Waals surface area contributed by atoms with E-state index < -0.39 is 49.4 Å². The van der Waals surface area contributed by atoms with Gasteiger partial charge in [-0.15, -0.1) is 0 Å². The first-order valence-electron chi connectivity index (χ1n) is 9.77. The number of hydrogen-bond acceptors (Lipinski definition) is 5. The van der Waals surface area contributed by atoms with Crippen LogP contribution in [0.5, 0.6) is 0 Å². The van der Waals surface area contributed by atoms with E-state index in [1.54, 1.807) is 0 Å². The molecule has 1 aliphatic rings. The second kappa shape index (κ2) is 8.34. The first-order valence-corrected chi connectivity index (χ1v) is 11.2. The molecule has 2 aromatic heterocycles. The lowest BCUT2D eigenvalue weighted by Crippen LogP contribution is -2.48. The normalized spacial score (nSPS) is 16.3. The maximum absolute atomic E-state index is 13.2. The molecule has 0 saturated carbocycles. The van der Waals surface area contributed by atoms with Crippen molar-refractivity contribution in [2.24, 2.45) is 13.0 Å². The zero-order valence-corrected chi connectivity index (χ0v) is 18.5. The van der Waals surface area contributed by atoms with Crippen LogP contribution in [-0.4, -0.2) is 51.9 Å².